The zero-order chi connectivity index (χ0) is 13.4. The fourth-order valence-electron chi connectivity index (χ4n) is 3.38. The Morgan fingerprint density at radius 1 is 1.50 bits per heavy atom. The highest BCUT2D eigenvalue weighted by molar-refractivity contribution is 5.97. The molecule has 0 radical (unpaired) electrons. The molecule has 0 amide bonds. The Morgan fingerprint density at radius 2 is 2.17 bits per heavy atom. The van der Waals surface area contributed by atoms with Crippen molar-refractivity contribution in [3.63, 3.8) is 0 Å². The molecule has 0 aromatic rings. The predicted molar refractivity (Wildman–Crippen MR) is 69.9 cm³/mol. The van der Waals surface area contributed by atoms with Gasteiger partial charge in [-0.1, -0.05) is 26.5 Å². The Kier molecular flexibility index (Phi) is 3.74. The van der Waals surface area contributed by atoms with Crippen LogP contribution in [0.4, 0.5) is 0 Å². The van der Waals surface area contributed by atoms with Crippen molar-refractivity contribution in [2.45, 2.75) is 32.8 Å². The van der Waals surface area contributed by atoms with Gasteiger partial charge in [-0.3, -0.25) is 4.79 Å². The Hall–Kier alpha value is -0.930. The summed E-state index contributed by atoms with van der Waals surface area (Å²) < 4.78 is 0. The Balaban J connectivity index is 2.36. The number of carbonyl (C=O) groups excluding carboxylic acids is 1. The summed E-state index contributed by atoms with van der Waals surface area (Å²) in [7, 11) is 0. The molecular formula is C15H22O3. The first-order chi connectivity index (χ1) is 8.45. The van der Waals surface area contributed by atoms with Crippen LogP contribution in [0.5, 0.6) is 0 Å². The van der Waals surface area contributed by atoms with Gasteiger partial charge in [0.05, 0.1) is 12.7 Å². The SMILES string of the molecule is C=C1C(O)CC(C(C)C)C2C=C(CO)C(=O)CC12. The maximum absolute atomic E-state index is 11.9. The van der Waals surface area contributed by atoms with Gasteiger partial charge in [0.2, 0.25) is 0 Å². The lowest BCUT2D eigenvalue weighted by atomic mass is 9.61. The highest BCUT2D eigenvalue weighted by Gasteiger charge is 2.43. The maximum atomic E-state index is 11.9. The number of allylic oxidation sites excluding steroid dienone is 1. The summed E-state index contributed by atoms with van der Waals surface area (Å²) in [5, 5.41) is 19.3. The molecule has 4 atom stereocenters. The zero-order valence-electron chi connectivity index (χ0n) is 11.1. The highest BCUT2D eigenvalue weighted by atomic mass is 16.3. The quantitative estimate of drug-likeness (QED) is 0.733. The van der Waals surface area contributed by atoms with Crippen LogP contribution in [0, 0.1) is 23.7 Å². The summed E-state index contributed by atoms with van der Waals surface area (Å²) in [6.07, 6.45) is 2.53. The lowest BCUT2D eigenvalue weighted by molar-refractivity contribution is -0.118. The van der Waals surface area contributed by atoms with Crippen molar-refractivity contribution in [1.82, 2.24) is 0 Å². The molecule has 2 aliphatic carbocycles. The number of fused-ring (bicyclic) bond motifs is 1. The van der Waals surface area contributed by atoms with Gasteiger partial charge in [0.1, 0.15) is 0 Å². The number of ketones is 1. The lowest BCUT2D eigenvalue weighted by Gasteiger charge is -2.44. The number of Topliss-reactive ketones (excluding diaryl/α,β-unsaturated/α-hetero) is 1. The molecule has 0 aromatic carbocycles. The number of carbonyl (C=O) groups is 1. The standard InChI is InChI=1S/C15H22O3/c1-8(2)11-5-14(17)9(3)12-6-15(18)10(7-16)4-13(11)12/h4,8,11-14,16-17H,3,5-7H2,1-2H3. The Labute approximate surface area is 108 Å². The van der Waals surface area contributed by atoms with Crippen LogP contribution in [0.1, 0.15) is 26.7 Å². The van der Waals surface area contributed by atoms with Crippen molar-refractivity contribution in [2.24, 2.45) is 23.7 Å². The van der Waals surface area contributed by atoms with E-state index in [1.807, 2.05) is 6.08 Å². The second-order valence-corrected chi connectivity index (χ2v) is 5.90. The first-order valence-electron chi connectivity index (χ1n) is 6.67. The van der Waals surface area contributed by atoms with Crippen molar-refractivity contribution in [3.05, 3.63) is 23.8 Å². The molecule has 3 heteroatoms. The average Bonchev–Trinajstić information content (AvgIpc) is 2.33. The molecule has 0 saturated heterocycles. The number of aliphatic hydroxyl groups is 2. The summed E-state index contributed by atoms with van der Waals surface area (Å²) in [4.78, 5) is 11.9. The molecule has 2 aliphatic rings. The van der Waals surface area contributed by atoms with E-state index >= 15 is 0 Å². The highest BCUT2D eigenvalue weighted by Crippen LogP contribution is 2.46. The largest absolute Gasteiger partial charge is 0.392 e. The Bertz CT molecular complexity index is 395. The number of hydrogen-bond donors (Lipinski definition) is 2. The fraction of sp³-hybridized carbons (Fsp3) is 0.667. The van der Waals surface area contributed by atoms with Crippen LogP contribution >= 0.6 is 0 Å². The summed E-state index contributed by atoms with van der Waals surface area (Å²) in [6.45, 7) is 8.07. The molecule has 3 nitrogen and oxygen atoms in total. The molecule has 2 N–H and O–H groups in total. The lowest BCUT2D eigenvalue weighted by Crippen LogP contribution is -2.42. The van der Waals surface area contributed by atoms with E-state index in [0.717, 1.165) is 5.57 Å². The third-order valence-corrected chi connectivity index (χ3v) is 4.54. The first-order valence-corrected chi connectivity index (χ1v) is 6.67. The molecule has 1 fully saturated rings. The van der Waals surface area contributed by atoms with Gasteiger partial charge in [0.25, 0.3) is 0 Å². The minimum Gasteiger partial charge on any atom is -0.392 e. The van der Waals surface area contributed by atoms with Crippen LogP contribution in [0.25, 0.3) is 0 Å². The zero-order valence-corrected chi connectivity index (χ0v) is 11.1. The molecule has 18 heavy (non-hydrogen) atoms. The summed E-state index contributed by atoms with van der Waals surface area (Å²) in [6, 6.07) is 0. The van der Waals surface area contributed by atoms with E-state index in [0.29, 0.717) is 30.3 Å². The first kappa shape index (κ1) is 13.5. The Morgan fingerprint density at radius 3 is 2.72 bits per heavy atom. The number of aliphatic hydroxyl groups excluding tert-OH is 2. The summed E-state index contributed by atoms with van der Waals surface area (Å²) in [5.41, 5.74) is 1.32. The van der Waals surface area contributed by atoms with Crippen molar-refractivity contribution in [2.75, 3.05) is 6.61 Å². The minimum atomic E-state index is -0.490. The van der Waals surface area contributed by atoms with Crippen LogP contribution < -0.4 is 0 Å². The maximum Gasteiger partial charge on any atom is 0.161 e. The summed E-state index contributed by atoms with van der Waals surface area (Å²) in [5.74, 6) is 1.08. The molecule has 2 rings (SSSR count). The van der Waals surface area contributed by atoms with Crippen molar-refractivity contribution < 1.29 is 15.0 Å². The van der Waals surface area contributed by atoms with Gasteiger partial charge >= 0.3 is 0 Å². The average molecular weight is 250 g/mol. The van der Waals surface area contributed by atoms with Gasteiger partial charge in [-0.25, -0.2) is 0 Å². The molecule has 0 spiro atoms. The molecule has 0 heterocycles. The minimum absolute atomic E-state index is 0.00324. The molecular weight excluding hydrogens is 228 g/mol. The number of hydrogen-bond acceptors (Lipinski definition) is 3. The smallest absolute Gasteiger partial charge is 0.161 e. The molecule has 1 saturated carbocycles. The van der Waals surface area contributed by atoms with E-state index < -0.39 is 6.10 Å². The third kappa shape index (κ3) is 2.17. The normalized spacial score (nSPS) is 36.6. The van der Waals surface area contributed by atoms with Crippen LogP contribution in [0.2, 0.25) is 0 Å². The van der Waals surface area contributed by atoms with Gasteiger partial charge in [0.15, 0.2) is 5.78 Å². The second kappa shape index (κ2) is 4.98. The predicted octanol–water partition coefficient (Wildman–Crippen LogP) is 1.70. The van der Waals surface area contributed by atoms with E-state index in [2.05, 4.69) is 20.4 Å². The van der Waals surface area contributed by atoms with E-state index in [1.165, 1.54) is 0 Å². The summed E-state index contributed by atoms with van der Waals surface area (Å²) >= 11 is 0. The van der Waals surface area contributed by atoms with Crippen LogP contribution in [0.15, 0.2) is 23.8 Å². The van der Waals surface area contributed by atoms with Gasteiger partial charge in [-0.15, -0.1) is 0 Å². The van der Waals surface area contributed by atoms with Gasteiger partial charge in [0, 0.05) is 12.0 Å². The fourth-order valence-corrected chi connectivity index (χ4v) is 3.38. The molecule has 0 aromatic heterocycles. The van der Waals surface area contributed by atoms with Crippen LogP contribution in [-0.4, -0.2) is 28.7 Å². The molecule has 100 valence electrons. The van der Waals surface area contributed by atoms with E-state index in [9.17, 15) is 15.0 Å². The van der Waals surface area contributed by atoms with Crippen molar-refractivity contribution >= 4 is 5.78 Å². The molecule has 4 unspecified atom stereocenters. The molecule has 0 aliphatic heterocycles. The van der Waals surface area contributed by atoms with Gasteiger partial charge in [-0.2, -0.15) is 0 Å². The van der Waals surface area contributed by atoms with E-state index in [4.69, 9.17) is 0 Å². The topological polar surface area (TPSA) is 57.5 Å². The van der Waals surface area contributed by atoms with Gasteiger partial charge in [-0.05, 0) is 35.7 Å². The molecule has 0 bridgehead atoms. The second-order valence-electron chi connectivity index (χ2n) is 5.90. The van der Waals surface area contributed by atoms with E-state index in [-0.39, 0.29) is 24.2 Å². The third-order valence-electron chi connectivity index (χ3n) is 4.54. The van der Waals surface area contributed by atoms with Crippen molar-refractivity contribution in [1.29, 1.82) is 0 Å². The van der Waals surface area contributed by atoms with Crippen molar-refractivity contribution in [3.8, 4) is 0 Å². The van der Waals surface area contributed by atoms with Gasteiger partial charge < -0.3 is 10.2 Å². The van der Waals surface area contributed by atoms with Crippen LogP contribution in [-0.2, 0) is 4.79 Å². The monoisotopic (exact) mass is 250 g/mol. The number of rotatable bonds is 2. The van der Waals surface area contributed by atoms with Crippen LogP contribution in [0.3, 0.4) is 0 Å². The van der Waals surface area contributed by atoms with E-state index in [1.54, 1.807) is 0 Å².